The third-order valence-electron chi connectivity index (χ3n) is 2.78. The molecule has 112 valence electrons. The average Bonchev–Trinajstić information content (AvgIpc) is 2.56. The number of pyridine rings is 1. The van der Waals surface area contributed by atoms with Crippen molar-refractivity contribution in [2.45, 2.75) is 0 Å². The normalized spacial score (nSPS) is 10.9. The van der Waals surface area contributed by atoms with E-state index in [1.165, 1.54) is 31.6 Å². The van der Waals surface area contributed by atoms with Crippen molar-refractivity contribution in [3.05, 3.63) is 59.9 Å². The number of methoxy groups -OCH3 is 1. The first kappa shape index (κ1) is 15.2. The van der Waals surface area contributed by atoms with Crippen LogP contribution in [0.2, 0.25) is 0 Å². The predicted molar refractivity (Wildman–Crippen MR) is 78.9 cm³/mol. The summed E-state index contributed by atoms with van der Waals surface area (Å²) in [5, 5.41) is 12.9. The van der Waals surface area contributed by atoms with E-state index >= 15 is 0 Å². The average molecular weight is 299 g/mol. The topological polar surface area (TPSA) is 101 Å². The molecule has 1 aromatic heterocycles. The van der Waals surface area contributed by atoms with Gasteiger partial charge in [-0.2, -0.15) is 5.10 Å². The van der Waals surface area contributed by atoms with Crippen LogP contribution in [0, 0.1) is 0 Å². The van der Waals surface area contributed by atoms with Crippen molar-refractivity contribution >= 4 is 17.6 Å². The number of rotatable bonds is 5. The highest BCUT2D eigenvalue weighted by molar-refractivity contribution is 6.42. The van der Waals surface area contributed by atoms with Crippen LogP contribution >= 0.6 is 0 Å². The summed E-state index contributed by atoms with van der Waals surface area (Å²) in [6, 6.07) is 9.31. The Morgan fingerprint density at radius 1 is 1.09 bits per heavy atom. The number of ether oxygens (including phenoxy) is 1. The Labute approximate surface area is 126 Å². The van der Waals surface area contributed by atoms with Crippen LogP contribution in [0.15, 0.2) is 53.9 Å². The number of nitrogens with one attached hydrogen (secondary N) is 1. The summed E-state index contributed by atoms with van der Waals surface area (Å²) in [5.74, 6) is -1.18. The quantitative estimate of drug-likeness (QED) is 0.640. The summed E-state index contributed by atoms with van der Waals surface area (Å²) >= 11 is 0. The minimum Gasteiger partial charge on any atom is -0.497 e. The molecule has 0 spiro atoms. The first-order valence-corrected chi connectivity index (χ1v) is 6.27. The number of aromatic nitrogens is 1. The van der Waals surface area contributed by atoms with Gasteiger partial charge in [0.1, 0.15) is 5.75 Å². The lowest BCUT2D eigenvalue weighted by molar-refractivity contribution is -0.129. The highest BCUT2D eigenvalue weighted by atomic mass is 16.5. The number of hydrazone groups is 1. The number of carbonyl (C=O) groups is 2. The second-order valence-electron chi connectivity index (χ2n) is 4.17. The van der Waals surface area contributed by atoms with E-state index in [0.29, 0.717) is 16.9 Å². The number of benzene rings is 1. The molecule has 0 atom stereocenters. The fourth-order valence-electron chi connectivity index (χ4n) is 1.66. The van der Waals surface area contributed by atoms with Crippen molar-refractivity contribution in [3.8, 4) is 5.75 Å². The van der Waals surface area contributed by atoms with E-state index in [1.54, 1.807) is 24.3 Å². The second kappa shape index (κ2) is 6.98. The van der Waals surface area contributed by atoms with E-state index in [9.17, 15) is 14.7 Å². The van der Waals surface area contributed by atoms with Crippen molar-refractivity contribution in [1.29, 1.82) is 0 Å². The molecule has 2 rings (SSSR count). The van der Waals surface area contributed by atoms with Crippen molar-refractivity contribution in [3.63, 3.8) is 0 Å². The van der Waals surface area contributed by atoms with Crippen LogP contribution < -0.4 is 10.2 Å². The van der Waals surface area contributed by atoms with E-state index in [0.717, 1.165) is 0 Å². The van der Waals surface area contributed by atoms with Gasteiger partial charge in [-0.3, -0.25) is 9.78 Å². The van der Waals surface area contributed by atoms with Crippen LogP contribution in [0.3, 0.4) is 0 Å². The molecule has 2 aromatic rings. The zero-order valence-corrected chi connectivity index (χ0v) is 11.7. The Hall–Kier alpha value is -3.22. The number of hydrogen-bond acceptors (Lipinski definition) is 5. The maximum Gasteiger partial charge on any atom is 0.356 e. The van der Waals surface area contributed by atoms with Crippen LogP contribution in [0.25, 0.3) is 0 Å². The summed E-state index contributed by atoms with van der Waals surface area (Å²) in [7, 11) is 1.51. The number of carboxylic acid groups (broad SMARTS) is 1. The standard InChI is InChI=1S/C15H13N3O4/c1-22-12-4-2-10(3-5-12)13(15(20)21)17-18-14(19)11-6-8-16-9-7-11/h2-9H,1H3,(H,18,19)(H,20,21)/b17-13-. The van der Waals surface area contributed by atoms with E-state index < -0.39 is 11.9 Å². The van der Waals surface area contributed by atoms with Crippen LogP contribution in [0.4, 0.5) is 0 Å². The molecule has 1 heterocycles. The smallest absolute Gasteiger partial charge is 0.356 e. The fraction of sp³-hybridized carbons (Fsp3) is 0.0667. The molecule has 7 nitrogen and oxygen atoms in total. The summed E-state index contributed by atoms with van der Waals surface area (Å²) in [4.78, 5) is 26.9. The summed E-state index contributed by atoms with van der Waals surface area (Å²) < 4.78 is 5.00. The maximum atomic E-state index is 11.8. The van der Waals surface area contributed by atoms with Gasteiger partial charge >= 0.3 is 5.97 Å². The lowest BCUT2D eigenvalue weighted by atomic mass is 10.1. The number of nitrogens with zero attached hydrogens (tertiary/aromatic N) is 2. The number of aliphatic carboxylic acids is 1. The van der Waals surface area contributed by atoms with Gasteiger partial charge in [-0.15, -0.1) is 0 Å². The minimum atomic E-state index is -1.25. The van der Waals surface area contributed by atoms with E-state index in [1.807, 2.05) is 0 Å². The van der Waals surface area contributed by atoms with Crippen LogP contribution in [0.1, 0.15) is 15.9 Å². The second-order valence-corrected chi connectivity index (χ2v) is 4.17. The zero-order chi connectivity index (χ0) is 15.9. The molecule has 0 radical (unpaired) electrons. The molecule has 0 aliphatic rings. The molecular weight excluding hydrogens is 286 g/mol. The Morgan fingerprint density at radius 3 is 2.27 bits per heavy atom. The maximum absolute atomic E-state index is 11.8. The first-order valence-electron chi connectivity index (χ1n) is 6.27. The van der Waals surface area contributed by atoms with E-state index in [-0.39, 0.29) is 5.71 Å². The van der Waals surface area contributed by atoms with Gasteiger partial charge < -0.3 is 9.84 Å². The van der Waals surface area contributed by atoms with Gasteiger partial charge in [0, 0.05) is 23.5 Å². The highest BCUT2D eigenvalue weighted by Crippen LogP contribution is 2.12. The molecule has 22 heavy (non-hydrogen) atoms. The summed E-state index contributed by atoms with van der Waals surface area (Å²) in [6.45, 7) is 0. The molecule has 0 unspecified atom stereocenters. The number of carboxylic acids is 1. The SMILES string of the molecule is COc1ccc(/C(=N/NC(=O)c2ccncc2)C(=O)O)cc1. The number of hydrogen-bond donors (Lipinski definition) is 2. The van der Waals surface area contributed by atoms with Gasteiger partial charge in [0.25, 0.3) is 5.91 Å². The third-order valence-corrected chi connectivity index (χ3v) is 2.78. The molecule has 1 amide bonds. The Bertz CT molecular complexity index is 696. The van der Waals surface area contributed by atoms with Gasteiger partial charge in [0.15, 0.2) is 5.71 Å². The lowest BCUT2D eigenvalue weighted by Crippen LogP contribution is -2.24. The van der Waals surface area contributed by atoms with E-state index in [4.69, 9.17) is 4.74 Å². The predicted octanol–water partition coefficient (Wildman–Crippen LogP) is 1.31. The molecule has 0 aliphatic carbocycles. The van der Waals surface area contributed by atoms with Gasteiger partial charge in [-0.05, 0) is 36.4 Å². The molecule has 0 fully saturated rings. The molecule has 7 heteroatoms. The Morgan fingerprint density at radius 2 is 1.73 bits per heavy atom. The van der Waals surface area contributed by atoms with Crippen molar-refractivity contribution in [1.82, 2.24) is 10.4 Å². The minimum absolute atomic E-state index is 0.273. The van der Waals surface area contributed by atoms with Gasteiger partial charge in [-0.25, -0.2) is 10.2 Å². The third kappa shape index (κ3) is 3.66. The largest absolute Gasteiger partial charge is 0.497 e. The molecule has 0 bridgehead atoms. The van der Waals surface area contributed by atoms with Gasteiger partial charge in [0.2, 0.25) is 0 Å². The van der Waals surface area contributed by atoms with E-state index in [2.05, 4.69) is 15.5 Å². The first-order chi connectivity index (χ1) is 10.6. The van der Waals surface area contributed by atoms with Gasteiger partial charge in [-0.1, -0.05) is 0 Å². The molecule has 1 aromatic carbocycles. The monoisotopic (exact) mass is 299 g/mol. The number of carbonyl (C=O) groups excluding carboxylic acids is 1. The van der Waals surface area contributed by atoms with Crippen LogP contribution in [0.5, 0.6) is 5.75 Å². The van der Waals surface area contributed by atoms with Crippen molar-refractivity contribution in [2.75, 3.05) is 7.11 Å². The van der Waals surface area contributed by atoms with Crippen LogP contribution in [-0.4, -0.2) is 34.8 Å². The van der Waals surface area contributed by atoms with Gasteiger partial charge in [0.05, 0.1) is 7.11 Å². The molecular formula is C15H13N3O4. The summed E-state index contributed by atoms with van der Waals surface area (Å²) in [5.41, 5.74) is 2.63. The summed E-state index contributed by atoms with van der Waals surface area (Å²) in [6.07, 6.45) is 2.92. The van der Waals surface area contributed by atoms with Crippen molar-refractivity contribution in [2.24, 2.45) is 5.10 Å². The Kier molecular flexibility index (Phi) is 4.81. The molecule has 0 saturated heterocycles. The lowest BCUT2D eigenvalue weighted by Gasteiger charge is -2.05. The van der Waals surface area contributed by atoms with Crippen LogP contribution in [-0.2, 0) is 4.79 Å². The zero-order valence-electron chi connectivity index (χ0n) is 11.7. The highest BCUT2D eigenvalue weighted by Gasteiger charge is 2.14. The number of amides is 1. The molecule has 2 N–H and O–H groups in total. The fourth-order valence-corrected chi connectivity index (χ4v) is 1.66. The van der Waals surface area contributed by atoms with Crippen molar-refractivity contribution < 1.29 is 19.4 Å². The Balaban J connectivity index is 2.20. The molecule has 0 aliphatic heterocycles. The molecule has 0 saturated carbocycles.